The second-order valence-electron chi connectivity index (χ2n) is 7.61. The van der Waals surface area contributed by atoms with Crippen molar-refractivity contribution in [3.8, 4) is 0 Å². The van der Waals surface area contributed by atoms with Gasteiger partial charge in [0, 0.05) is 12.6 Å². The average Bonchev–Trinajstić information content (AvgIpc) is 3.22. The molecule has 0 atom stereocenters. The summed E-state index contributed by atoms with van der Waals surface area (Å²) in [6.45, 7) is 1.76. The van der Waals surface area contributed by atoms with E-state index in [9.17, 15) is 18.0 Å². The number of aromatic nitrogens is 1. The van der Waals surface area contributed by atoms with Crippen molar-refractivity contribution in [1.29, 1.82) is 0 Å². The molecule has 3 aromatic carbocycles. The second kappa shape index (κ2) is 10.7. The van der Waals surface area contributed by atoms with Gasteiger partial charge in [0.25, 0.3) is 15.9 Å². The number of carbonyl (C=O) groups is 2. The molecular formula is C25H22ClN3O5S2. The van der Waals surface area contributed by atoms with Crippen LogP contribution in [0, 0.1) is 0 Å². The highest BCUT2D eigenvalue weighted by Crippen LogP contribution is 2.26. The van der Waals surface area contributed by atoms with Crippen molar-refractivity contribution in [2.45, 2.75) is 18.4 Å². The quantitative estimate of drug-likeness (QED) is 0.320. The first-order valence-electron chi connectivity index (χ1n) is 10.9. The van der Waals surface area contributed by atoms with Crippen LogP contribution in [0.3, 0.4) is 0 Å². The fraction of sp³-hybridized carbons (Fsp3) is 0.160. The number of benzene rings is 3. The summed E-state index contributed by atoms with van der Waals surface area (Å²) >= 11 is 7.58. The van der Waals surface area contributed by atoms with E-state index in [-0.39, 0.29) is 28.4 Å². The largest absolute Gasteiger partial charge is 0.465 e. The Bertz CT molecular complexity index is 1590. The number of para-hydroxylation sites is 2. The molecule has 0 aliphatic heterocycles. The third kappa shape index (κ3) is 5.20. The molecule has 0 aliphatic carbocycles. The number of carbonyl (C=O) groups excluding carboxylic acids is 2. The van der Waals surface area contributed by atoms with Crippen molar-refractivity contribution in [3.63, 3.8) is 0 Å². The van der Waals surface area contributed by atoms with Gasteiger partial charge in [0.05, 0.1) is 32.4 Å². The van der Waals surface area contributed by atoms with Crippen molar-refractivity contribution >= 4 is 60.7 Å². The summed E-state index contributed by atoms with van der Waals surface area (Å²) in [4.78, 5) is 29.7. The number of fused-ring (bicyclic) bond motifs is 1. The lowest BCUT2D eigenvalue weighted by Gasteiger charge is -2.19. The van der Waals surface area contributed by atoms with Crippen LogP contribution in [0.4, 0.5) is 5.69 Å². The van der Waals surface area contributed by atoms with Crippen molar-refractivity contribution < 1.29 is 22.7 Å². The average molecular weight is 544 g/mol. The lowest BCUT2D eigenvalue weighted by atomic mass is 10.2. The van der Waals surface area contributed by atoms with Gasteiger partial charge in [0.15, 0.2) is 4.80 Å². The molecule has 186 valence electrons. The Morgan fingerprint density at radius 3 is 2.39 bits per heavy atom. The van der Waals surface area contributed by atoms with Crippen LogP contribution in [0.5, 0.6) is 0 Å². The van der Waals surface area contributed by atoms with Gasteiger partial charge in [-0.25, -0.2) is 8.42 Å². The van der Waals surface area contributed by atoms with Gasteiger partial charge in [-0.05, 0) is 55.5 Å². The van der Waals surface area contributed by atoms with Gasteiger partial charge in [0.2, 0.25) is 0 Å². The smallest absolute Gasteiger partial charge is 0.326 e. The van der Waals surface area contributed by atoms with E-state index in [1.54, 1.807) is 54.0 Å². The topological polar surface area (TPSA) is 98.0 Å². The minimum Gasteiger partial charge on any atom is -0.465 e. The third-order valence-corrected chi connectivity index (χ3v) is 8.47. The zero-order chi connectivity index (χ0) is 25.9. The van der Waals surface area contributed by atoms with Crippen LogP contribution >= 0.6 is 22.9 Å². The van der Waals surface area contributed by atoms with Crippen molar-refractivity contribution in [2.75, 3.05) is 18.0 Å². The summed E-state index contributed by atoms with van der Waals surface area (Å²) in [5.41, 5.74) is 1.29. The van der Waals surface area contributed by atoms with Crippen LogP contribution in [0.15, 0.2) is 82.7 Å². The molecule has 0 N–H and O–H groups in total. The second-order valence-corrected chi connectivity index (χ2v) is 11.0. The Balaban J connectivity index is 1.67. The first-order chi connectivity index (χ1) is 17.2. The summed E-state index contributed by atoms with van der Waals surface area (Å²) < 4.78 is 34.5. The summed E-state index contributed by atoms with van der Waals surface area (Å²) in [7, 11) is -2.35. The van der Waals surface area contributed by atoms with Gasteiger partial charge in [-0.3, -0.25) is 13.9 Å². The molecule has 0 saturated carbocycles. The highest BCUT2D eigenvalue weighted by atomic mass is 35.5. The predicted molar refractivity (Wildman–Crippen MR) is 140 cm³/mol. The summed E-state index contributed by atoms with van der Waals surface area (Å²) in [5, 5.41) is 0.416. The maximum atomic E-state index is 13.0. The van der Waals surface area contributed by atoms with Crippen LogP contribution < -0.4 is 9.11 Å². The minimum atomic E-state index is -3.82. The predicted octanol–water partition coefficient (Wildman–Crippen LogP) is 4.49. The number of ether oxygens (including phenoxy) is 1. The zero-order valence-electron chi connectivity index (χ0n) is 19.4. The van der Waals surface area contributed by atoms with Gasteiger partial charge in [-0.15, -0.1) is 0 Å². The molecule has 4 rings (SSSR count). The molecule has 36 heavy (non-hydrogen) atoms. The van der Waals surface area contributed by atoms with Crippen LogP contribution in [0.1, 0.15) is 17.3 Å². The van der Waals surface area contributed by atoms with Gasteiger partial charge in [0.1, 0.15) is 6.54 Å². The lowest BCUT2D eigenvalue weighted by Crippen LogP contribution is -2.26. The minimum absolute atomic E-state index is 0.0384. The van der Waals surface area contributed by atoms with E-state index in [0.717, 1.165) is 4.70 Å². The standard InChI is InChI=1S/C25H22ClN3O5S2/c1-3-34-22(30)16-29-23-20(26)10-7-11-21(23)35-25(29)27-24(31)17-12-14-19(15-13-17)36(32,33)28(2)18-8-5-4-6-9-18/h4-15H,3,16H2,1-2H3. The number of rotatable bonds is 7. The number of anilines is 1. The number of amides is 1. The van der Waals surface area contributed by atoms with Crippen LogP contribution in [-0.4, -0.2) is 38.5 Å². The molecule has 11 heteroatoms. The SMILES string of the molecule is CCOC(=O)Cn1c(=NC(=O)c2ccc(S(=O)(=O)N(C)c3ccccc3)cc2)sc2cccc(Cl)c21. The molecule has 0 spiro atoms. The number of thiazole rings is 1. The van der Waals surface area contributed by atoms with Crippen molar-refractivity contribution in [3.05, 3.63) is 88.2 Å². The third-order valence-electron chi connectivity index (χ3n) is 5.32. The molecular weight excluding hydrogens is 522 g/mol. The van der Waals surface area contributed by atoms with Gasteiger partial charge in [-0.2, -0.15) is 4.99 Å². The highest BCUT2D eigenvalue weighted by Gasteiger charge is 2.22. The molecule has 1 aromatic heterocycles. The molecule has 0 unspecified atom stereocenters. The Morgan fingerprint density at radius 2 is 1.72 bits per heavy atom. The van der Waals surface area contributed by atoms with E-state index >= 15 is 0 Å². The fourth-order valence-corrected chi connectivity index (χ4v) is 6.09. The molecule has 0 aliphatic rings. The highest BCUT2D eigenvalue weighted by molar-refractivity contribution is 7.92. The normalized spacial score (nSPS) is 12.0. The first kappa shape index (κ1) is 25.6. The maximum absolute atomic E-state index is 13.0. The Hall–Kier alpha value is -3.47. The Labute approximate surface area is 217 Å². The van der Waals surface area contributed by atoms with E-state index in [1.807, 2.05) is 6.07 Å². The molecule has 0 saturated heterocycles. The molecule has 1 heterocycles. The summed E-state index contributed by atoms with van der Waals surface area (Å²) in [6.07, 6.45) is 0. The van der Waals surface area contributed by atoms with Crippen molar-refractivity contribution in [1.82, 2.24) is 4.57 Å². The molecule has 8 nitrogen and oxygen atoms in total. The number of halogens is 1. The number of sulfonamides is 1. The van der Waals surface area contributed by atoms with Gasteiger partial charge in [-0.1, -0.05) is 47.2 Å². The molecule has 1 amide bonds. The maximum Gasteiger partial charge on any atom is 0.326 e. The molecule has 0 radical (unpaired) electrons. The van der Waals surface area contributed by atoms with Crippen LogP contribution in [-0.2, 0) is 26.1 Å². The van der Waals surface area contributed by atoms with Crippen LogP contribution in [0.2, 0.25) is 5.02 Å². The summed E-state index contributed by atoms with van der Waals surface area (Å²) in [5.74, 6) is -1.07. The molecule has 0 fully saturated rings. The molecule has 0 bridgehead atoms. The Kier molecular flexibility index (Phi) is 7.58. The van der Waals surface area contributed by atoms with Crippen LogP contribution in [0.25, 0.3) is 10.2 Å². The van der Waals surface area contributed by atoms with Crippen molar-refractivity contribution in [2.24, 2.45) is 4.99 Å². The number of hydrogen-bond acceptors (Lipinski definition) is 6. The summed E-state index contributed by atoms with van der Waals surface area (Å²) in [6, 6.07) is 19.5. The van der Waals surface area contributed by atoms with Gasteiger partial charge < -0.3 is 9.30 Å². The van der Waals surface area contributed by atoms with Gasteiger partial charge >= 0.3 is 5.97 Å². The number of nitrogens with zero attached hydrogens (tertiary/aromatic N) is 3. The lowest BCUT2D eigenvalue weighted by molar-refractivity contribution is -0.143. The number of esters is 1. The first-order valence-corrected chi connectivity index (χ1v) is 13.5. The fourth-order valence-electron chi connectivity index (χ4n) is 3.51. The number of hydrogen-bond donors (Lipinski definition) is 0. The monoisotopic (exact) mass is 543 g/mol. The Morgan fingerprint density at radius 1 is 1.03 bits per heavy atom. The zero-order valence-corrected chi connectivity index (χ0v) is 21.8. The van der Waals surface area contributed by atoms with E-state index in [0.29, 0.717) is 16.2 Å². The van der Waals surface area contributed by atoms with E-state index in [4.69, 9.17) is 16.3 Å². The van der Waals surface area contributed by atoms with E-state index in [2.05, 4.69) is 4.99 Å². The molecule has 4 aromatic rings. The van der Waals surface area contributed by atoms with E-state index < -0.39 is 21.9 Å². The van der Waals surface area contributed by atoms with E-state index in [1.165, 1.54) is 47.0 Å².